The summed E-state index contributed by atoms with van der Waals surface area (Å²) < 4.78 is 10.9. The SMILES string of the molecule is COc1ccc([C@@H]2COc3ccccc3N2)cc1. The highest BCUT2D eigenvalue weighted by Crippen LogP contribution is 2.33. The van der Waals surface area contributed by atoms with Crippen molar-refractivity contribution < 1.29 is 9.47 Å². The number of para-hydroxylation sites is 2. The van der Waals surface area contributed by atoms with Gasteiger partial charge in [0, 0.05) is 0 Å². The van der Waals surface area contributed by atoms with Gasteiger partial charge in [0.1, 0.15) is 18.1 Å². The van der Waals surface area contributed by atoms with Crippen molar-refractivity contribution in [3.63, 3.8) is 0 Å². The number of anilines is 1. The molecule has 3 heteroatoms. The van der Waals surface area contributed by atoms with E-state index in [1.54, 1.807) is 7.11 Å². The molecule has 92 valence electrons. The Balaban J connectivity index is 1.82. The Kier molecular flexibility index (Phi) is 2.81. The topological polar surface area (TPSA) is 30.5 Å². The standard InChI is InChI=1S/C15H15NO2/c1-17-12-8-6-11(7-9-12)14-10-18-15-5-3-2-4-13(15)16-14/h2-9,14,16H,10H2,1H3/t14-/m0/s1. The van der Waals surface area contributed by atoms with Gasteiger partial charge in [0.05, 0.1) is 18.8 Å². The van der Waals surface area contributed by atoms with E-state index in [0.717, 1.165) is 17.2 Å². The van der Waals surface area contributed by atoms with Gasteiger partial charge in [-0.1, -0.05) is 24.3 Å². The monoisotopic (exact) mass is 241 g/mol. The Morgan fingerprint density at radius 2 is 1.89 bits per heavy atom. The van der Waals surface area contributed by atoms with Crippen LogP contribution in [-0.4, -0.2) is 13.7 Å². The van der Waals surface area contributed by atoms with Gasteiger partial charge in [0.15, 0.2) is 0 Å². The molecule has 3 rings (SSSR count). The number of rotatable bonds is 2. The summed E-state index contributed by atoms with van der Waals surface area (Å²) in [4.78, 5) is 0. The van der Waals surface area contributed by atoms with Crippen molar-refractivity contribution in [3.05, 3.63) is 54.1 Å². The van der Waals surface area contributed by atoms with Crippen LogP contribution in [0.3, 0.4) is 0 Å². The average Bonchev–Trinajstić information content (AvgIpc) is 2.47. The minimum Gasteiger partial charge on any atom is -0.497 e. The Morgan fingerprint density at radius 3 is 2.67 bits per heavy atom. The summed E-state index contributed by atoms with van der Waals surface area (Å²) in [6.45, 7) is 0.642. The molecule has 1 heterocycles. The fourth-order valence-electron chi connectivity index (χ4n) is 2.13. The van der Waals surface area contributed by atoms with E-state index in [1.165, 1.54) is 5.56 Å². The normalized spacial score (nSPS) is 17.3. The maximum absolute atomic E-state index is 5.75. The summed E-state index contributed by atoms with van der Waals surface area (Å²) in [6.07, 6.45) is 0. The van der Waals surface area contributed by atoms with Crippen molar-refractivity contribution in [2.45, 2.75) is 6.04 Å². The highest BCUT2D eigenvalue weighted by atomic mass is 16.5. The number of nitrogens with one attached hydrogen (secondary N) is 1. The van der Waals surface area contributed by atoms with Crippen LogP contribution in [-0.2, 0) is 0 Å². The highest BCUT2D eigenvalue weighted by Gasteiger charge is 2.19. The molecule has 2 aromatic rings. The van der Waals surface area contributed by atoms with Crippen LogP contribution < -0.4 is 14.8 Å². The lowest BCUT2D eigenvalue weighted by atomic mass is 10.1. The summed E-state index contributed by atoms with van der Waals surface area (Å²) in [7, 11) is 1.67. The molecule has 1 atom stereocenters. The number of benzene rings is 2. The Hall–Kier alpha value is -2.16. The maximum Gasteiger partial charge on any atom is 0.142 e. The molecule has 1 N–H and O–H groups in total. The number of fused-ring (bicyclic) bond motifs is 1. The molecule has 0 spiro atoms. The molecule has 0 fully saturated rings. The van der Waals surface area contributed by atoms with Gasteiger partial charge in [-0.15, -0.1) is 0 Å². The van der Waals surface area contributed by atoms with E-state index in [0.29, 0.717) is 6.61 Å². The van der Waals surface area contributed by atoms with Crippen molar-refractivity contribution in [1.82, 2.24) is 0 Å². The lowest BCUT2D eigenvalue weighted by Crippen LogP contribution is -2.23. The highest BCUT2D eigenvalue weighted by molar-refractivity contribution is 5.59. The third kappa shape index (κ3) is 1.99. The van der Waals surface area contributed by atoms with Gasteiger partial charge < -0.3 is 14.8 Å². The van der Waals surface area contributed by atoms with E-state index in [2.05, 4.69) is 17.4 Å². The van der Waals surface area contributed by atoms with Gasteiger partial charge in [-0.3, -0.25) is 0 Å². The zero-order valence-electron chi connectivity index (χ0n) is 10.2. The summed E-state index contributed by atoms with van der Waals surface area (Å²) in [5, 5.41) is 3.48. The van der Waals surface area contributed by atoms with Crippen molar-refractivity contribution in [1.29, 1.82) is 0 Å². The van der Waals surface area contributed by atoms with Gasteiger partial charge in [-0.25, -0.2) is 0 Å². The third-order valence-electron chi connectivity index (χ3n) is 3.14. The van der Waals surface area contributed by atoms with Crippen molar-refractivity contribution in [2.24, 2.45) is 0 Å². The van der Waals surface area contributed by atoms with E-state index in [4.69, 9.17) is 9.47 Å². The predicted octanol–water partition coefficient (Wildman–Crippen LogP) is 3.24. The molecular weight excluding hydrogens is 226 g/mol. The Bertz CT molecular complexity index is 536. The summed E-state index contributed by atoms with van der Waals surface area (Å²) in [5.41, 5.74) is 2.25. The summed E-state index contributed by atoms with van der Waals surface area (Å²) in [5.74, 6) is 1.79. The molecule has 3 nitrogen and oxygen atoms in total. The molecule has 0 amide bonds. The van der Waals surface area contributed by atoms with Crippen LogP contribution in [0.1, 0.15) is 11.6 Å². The lowest BCUT2D eigenvalue weighted by Gasteiger charge is -2.27. The Morgan fingerprint density at radius 1 is 1.11 bits per heavy atom. The molecule has 0 radical (unpaired) electrons. The average molecular weight is 241 g/mol. The van der Waals surface area contributed by atoms with Crippen molar-refractivity contribution in [2.75, 3.05) is 19.0 Å². The minimum absolute atomic E-state index is 0.186. The summed E-state index contributed by atoms with van der Waals surface area (Å²) in [6, 6.07) is 16.2. The van der Waals surface area contributed by atoms with E-state index in [1.807, 2.05) is 36.4 Å². The minimum atomic E-state index is 0.186. The molecule has 0 bridgehead atoms. The predicted molar refractivity (Wildman–Crippen MR) is 71.3 cm³/mol. The van der Waals surface area contributed by atoms with Crippen LogP contribution in [0.15, 0.2) is 48.5 Å². The second-order valence-corrected chi connectivity index (χ2v) is 4.28. The van der Waals surface area contributed by atoms with E-state index in [-0.39, 0.29) is 6.04 Å². The van der Waals surface area contributed by atoms with Crippen LogP contribution >= 0.6 is 0 Å². The first-order valence-corrected chi connectivity index (χ1v) is 5.99. The zero-order chi connectivity index (χ0) is 12.4. The quantitative estimate of drug-likeness (QED) is 0.875. The fourth-order valence-corrected chi connectivity index (χ4v) is 2.13. The van der Waals surface area contributed by atoms with Crippen LogP contribution in [0, 0.1) is 0 Å². The number of hydrogen-bond donors (Lipinski definition) is 1. The van der Waals surface area contributed by atoms with Gasteiger partial charge >= 0.3 is 0 Å². The molecule has 0 aliphatic carbocycles. The number of methoxy groups -OCH3 is 1. The van der Waals surface area contributed by atoms with Crippen LogP contribution in [0.5, 0.6) is 11.5 Å². The van der Waals surface area contributed by atoms with Crippen molar-refractivity contribution in [3.8, 4) is 11.5 Å². The van der Waals surface area contributed by atoms with Gasteiger partial charge in [0.2, 0.25) is 0 Å². The van der Waals surface area contributed by atoms with E-state index in [9.17, 15) is 0 Å². The molecule has 0 saturated carbocycles. The molecule has 18 heavy (non-hydrogen) atoms. The zero-order valence-corrected chi connectivity index (χ0v) is 10.2. The van der Waals surface area contributed by atoms with Gasteiger partial charge in [0.25, 0.3) is 0 Å². The first kappa shape index (κ1) is 11.0. The Labute approximate surface area is 106 Å². The van der Waals surface area contributed by atoms with E-state index >= 15 is 0 Å². The molecular formula is C15H15NO2. The van der Waals surface area contributed by atoms with E-state index < -0.39 is 0 Å². The molecule has 2 aromatic carbocycles. The number of hydrogen-bond acceptors (Lipinski definition) is 3. The van der Waals surface area contributed by atoms with Crippen LogP contribution in [0.25, 0.3) is 0 Å². The second kappa shape index (κ2) is 4.61. The molecule has 1 aliphatic heterocycles. The molecule has 0 saturated heterocycles. The fraction of sp³-hybridized carbons (Fsp3) is 0.200. The first-order valence-electron chi connectivity index (χ1n) is 5.99. The first-order chi connectivity index (χ1) is 8.86. The maximum atomic E-state index is 5.75. The summed E-state index contributed by atoms with van der Waals surface area (Å²) >= 11 is 0. The smallest absolute Gasteiger partial charge is 0.142 e. The molecule has 0 unspecified atom stereocenters. The molecule has 0 aromatic heterocycles. The number of ether oxygens (including phenoxy) is 2. The lowest BCUT2D eigenvalue weighted by molar-refractivity contribution is 0.286. The third-order valence-corrected chi connectivity index (χ3v) is 3.14. The van der Waals surface area contributed by atoms with Gasteiger partial charge in [-0.2, -0.15) is 0 Å². The van der Waals surface area contributed by atoms with Gasteiger partial charge in [-0.05, 0) is 29.8 Å². The largest absolute Gasteiger partial charge is 0.497 e. The second-order valence-electron chi connectivity index (χ2n) is 4.28. The van der Waals surface area contributed by atoms with Crippen LogP contribution in [0.4, 0.5) is 5.69 Å². The molecule has 1 aliphatic rings. The van der Waals surface area contributed by atoms with Crippen molar-refractivity contribution >= 4 is 5.69 Å². The van der Waals surface area contributed by atoms with Crippen LogP contribution in [0.2, 0.25) is 0 Å².